The molecule has 3 aliphatic rings. The van der Waals surface area contributed by atoms with Crippen molar-refractivity contribution < 1.29 is 4.79 Å². The number of hydrogen-bond acceptors (Lipinski definition) is 5. The molecule has 25 heavy (non-hydrogen) atoms. The fourth-order valence-electron chi connectivity index (χ4n) is 3.88. The molecule has 1 N–H and O–H groups in total. The molecule has 1 aliphatic heterocycles. The number of amides is 1. The van der Waals surface area contributed by atoms with Crippen molar-refractivity contribution in [3.63, 3.8) is 0 Å². The summed E-state index contributed by atoms with van der Waals surface area (Å²) in [5, 5.41) is 3.53. The average molecular weight is 340 g/mol. The van der Waals surface area contributed by atoms with Gasteiger partial charge in [-0.05, 0) is 39.0 Å². The third-order valence-electron chi connectivity index (χ3n) is 5.59. The van der Waals surface area contributed by atoms with Crippen molar-refractivity contribution >= 4 is 22.9 Å². The smallest absolute Gasteiger partial charge is 0.225 e. The number of nitrogens with one attached hydrogen (secondary N) is 1. The SMILES string of the molecule is CCn1c(C2CC2)nc2c(N[C@H]3CCN(C(=O)C4CC4)C3)ncnc21. The van der Waals surface area contributed by atoms with Crippen molar-refractivity contribution in [2.75, 3.05) is 18.4 Å². The number of imidazole rings is 1. The Bertz CT molecular complexity index is 822. The zero-order chi connectivity index (χ0) is 17.0. The summed E-state index contributed by atoms with van der Waals surface area (Å²) in [6.45, 7) is 4.63. The second kappa shape index (κ2) is 5.68. The number of carbonyl (C=O) groups is 1. The first kappa shape index (κ1) is 15.1. The lowest BCUT2D eigenvalue weighted by Gasteiger charge is -2.17. The number of aromatic nitrogens is 4. The highest BCUT2D eigenvalue weighted by Crippen LogP contribution is 2.41. The van der Waals surface area contributed by atoms with E-state index in [1.165, 1.54) is 12.8 Å². The number of nitrogens with zero attached hydrogens (tertiary/aromatic N) is 5. The number of anilines is 1. The van der Waals surface area contributed by atoms with Crippen molar-refractivity contribution in [3.05, 3.63) is 12.2 Å². The molecule has 2 aliphatic carbocycles. The monoisotopic (exact) mass is 340 g/mol. The molecule has 2 aromatic heterocycles. The van der Waals surface area contributed by atoms with Gasteiger partial charge in [-0.1, -0.05) is 0 Å². The largest absolute Gasteiger partial charge is 0.364 e. The number of fused-ring (bicyclic) bond motifs is 1. The molecule has 132 valence electrons. The second-order valence-corrected chi connectivity index (χ2v) is 7.57. The third kappa shape index (κ3) is 2.65. The Morgan fingerprint density at radius 1 is 1.24 bits per heavy atom. The zero-order valence-electron chi connectivity index (χ0n) is 14.6. The highest BCUT2D eigenvalue weighted by Gasteiger charge is 2.37. The molecule has 0 unspecified atom stereocenters. The van der Waals surface area contributed by atoms with Gasteiger partial charge in [-0.15, -0.1) is 0 Å². The molecular formula is C18H24N6O. The van der Waals surface area contributed by atoms with Gasteiger partial charge in [0.1, 0.15) is 12.2 Å². The van der Waals surface area contributed by atoms with Crippen LogP contribution in [0.1, 0.15) is 50.8 Å². The molecule has 7 nitrogen and oxygen atoms in total. The fourth-order valence-corrected chi connectivity index (χ4v) is 3.88. The van der Waals surface area contributed by atoms with Crippen LogP contribution < -0.4 is 5.32 Å². The Labute approximate surface area is 146 Å². The van der Waals surface area contributed by atoms with Gasteiger partial charge in [0.2, 0.25) is 5.91 Å². The maximum atomic E-state index is 12.2. The molecule has 2 saturated carbocycles. The van der Waals surface area contributed by atoms with Gasteiger partial charge in [0.25, 0.3) is 0 Å². The predicted molar refractivity (Wildman–Crippen MR) is 94.3 cm³/mol. The molecule has 1 saturated heterocycles. The van der Waals surface area contributed by atoms with Crippen molar-refractivity contribution in [1.82, 2.24) is 24.4 Å². The van der Waals surface area contributed by atoms with Crippen LogP contribution in [-0.2, 0) is 11.3 Å². The van der Waals surface area contributed by atoms with Crippen LogP contribution in [0.2, 0.25) is 0 Å². The fraction of sp³-hybridized carbons (Fsp3) is 0.667. The normalized spacial score (nSPS) is 23.4. The van der Waals surface area contributed by atoms with Crippen LogP contribution in [0, 0.1) is 5.92 Å². The number of aryl methyl sites for hydroxylation is 1. The lowest BCUT2D eigenvalue weighted by atomic mass is 10.2. The van der Waals surface area contributed by atoms with E-state index in [4.69, 9.17) is 4.98 Å². The topological polar surface area (TPSA) is 75.9 Å². The van der Waals surface area contributed by atoms with E-state index in [0.29, 0.717) is 17.7 Å². The molecule has 0 aromatic carbocycles. The van der Waals surface area contributed by atoms with Gasteiger partial charge in [-0.25, -0.2) is 15.0 Å². The van der Waals surface area contributed by atoms with Crippen LogP contribution in [0.5, 0.6) is 0 Å². The maximum Gasteiger partial charge on any atom is 0.225 e. The van der Waals surface area contributed by atoms with Crippen LogP contribution in [-0.4, -0.2) is 49.5 Å². The third-order valence-corrected chi connectivity index (χ3v) is 5.59. The second-order valence-electron chi connectivity index (χ2n) is 7.57. The van der Waals surface area contributed by atoms with E-state index in [1.54, 1.807) is 6.33 Å². The molecule has 5 rings (SSSR count). The van der Waals surface area contributed by atoms with Gasteiger partial charge in [-0.3, -0.25) is 4.79 Å². The zero-order valence-corrected chi connectivity index (χ0v) is 14.6. The molecule has 0 radical (unpaired) electrons. The minimum atomic E-state index is 0.247. The summed E-state index contributed by atoms with van der Waals surface area (Å²) >= 11 is 0. The van der Waals surface area contributed by atoms with Crippen LogP contribution in [0.4, 0.5) is 5.82 Å². The molecular weight excluding hydrogens is 316 g/mol. The van der Waals surface area contributed by atoms with Crippen molar-refractivity contribution in [1.29, 1.82) is 0 Å². The number of hydrogen-bond donors (Lipinski definition) is 1. The van der Waals surface area contributed by atoms with E-state index in [0.717, 1.165) is 61.7 Å². The predicted octanol–water partition coefficient (Wildman–Crippen LogP) is 2.15. The molecule has 3 heterocycles. The van der Waals surface area contributed by atoms with Gasteiger partial charge in [0.15, 0.2) is 17.0 Å². The first-order valence-electron chi connectivity index (χ1n) is 9.51. The van der Waals surface area contributed by atoms with E-state index >= 15 is 0 Å². The van der Waals surface area contributed by atoms with E-state index in [2.05, 4.69) is 26.8 Å². The summed E-state index contributed by atoms with van der Waals surface area (Å²) < 4.78 is 2.22. The minimum Gasteiger partial charge on any atom is -0.364 e. The summed E-state index contributed by atoms with van der Waals surface area (Å²) in [7, 11) is 0. The molecule has 3 fully saturated rings. The van der Waals surface area contributed by atoms with Gasteiger partial charge < -0.3 is 14.8 Å². The summed E-state index contributed by atoms with van der Waals surface area (Å²) in [4.78, 5) is 28.1. The number of carbonyl (C=O) groups excluding carboxylic acids is 1. The first-order chi connectivity index (χ1) is 12.2. The van der Waals surface area contributed by atoms with Gasteiger partial charge >= 0.3 is 0 Å². The van der Waals surface area contributed by atoms with Crippen molar-refractivity contribution in [2.45, 2.75) is 57.5 Å². The lowest BCUT2D eigenvalue weighted by molar-refractivity contribution is -0.131. The average Bonchev–Trinajstić information content (AvgIpc) is 3.55. The summed E-state index contributed by atoms with van der Waals surface area (Å²) in [6.07, 6.45) is 7.17. The number of likely N-dealkylation sites (tertiary alicyclic amines) is 1. The van der Waals surface area contributed by atoms with Crippen LogP contribution in [0.25, 0.3) is 11.2 Å². The highest BCUT2D eigenvalue weighted by molar-refractivity contribution is 5.84. The summed E-state index contributed by atoms with van der Waals surface area (Å²) in [5.74, 6) is 3.18. The van der Waals surface area contributed by atoms with Crippen LogP contribution >= 0.6 is 0 Å². The van der Waals surface area contributed by atoms with E-state index in [-0.39, 0.29) is 6.04 Å². The Morgan fingerprint density at radius 3 is 2.80 bits per heavy atom. The molecule has 1 atom stereocenters. The molecule has 0 spiro atoms. The molecule has 0 bridgehead atoms. The standard InChI is InChI=1S/C18H24N6O/c1-2-24-16(11-3-4-11)22-14-15(19-10-20-17(14)24)21-13-7-8-23(9-13)18(25)12-5-6-12/h10-13H,2-9H2,1H3,(H,19,20,21)/t13-/m0/s1. The molecule has 2 aromatic rings. The minimum absolute atomic E-state index is 0.247. The van der Waals surface area contributed by atoms with E-state index < -0.39 is 0 Å². The maximum absolute atomic E-state index is 12.2. The Balaban J connectivity index is 1.39. The summed E-state index contributed by atoms with van der Waals surface area (Å²) in [6, 6.07) is 0.247. The quantitative estimate of drug-likeness (QED) is 0.902. The van der Waals surface area contributed by atoms with E-state index in [1.807, 2.05) is 4.90 Å². The molecule has 7 heteroatoms. The Hall–Kier alpha value is -2.18. The first-order valence-corrected chi connectivity index (χ1v) is 9.51. The Kier molecular flexibility index (Phi) is 3.43. The number of rotatable bonds is 5. The van der Waals surface area contributed by atoms with Gasteiger partial charge in [-0.2, -0.15) is 0 Å². The van der Waals surface area contributed by atoms with Gasteiger partial charge in [0, 0.05) is 37.5 Å². The Morgan fingerprint density at radius 2 is 2.08 bits per heavy atom. The van der Waals surface area contributed by atoms with Gasteiger partial charge in [0.05, 0.1) is 0 Å². The van der Waals surface area contributed by atoms with Crippen LogP contribution in [0.15, 0.2) is 6.33 Å². The molecule has 1 amide bonds. The van der Waals surface area contributed by atoms with E-state index in [9.17, 15) is 4.79 Å². The van der Waals surface area contributed by atoms with Crippen molar-refractivity contribution in [2.24, 2.45) is 5.92 Å². The highest BCUT2D eigenvalue weighted by atomic mass is 16.2. The van der Waals surface area contributed by atoms with Crippen LogP contribution in [0.3, 0.4) is 0 Å². The summed E-state index contributed by atoms with van der Waals surface area (Å²) in [5.41, 5.74) is 1.80. The lowest BCUT2D eigenvalue weighted by Crippen LogP contribution is -2.32. The van der Waals surface area contributed by atoms with Crippen molar-refractivity contribution in [3.8, 4) is 0 Å².